The van der Waals surface area contributed by atoms with E-state index in [0.717, 1.165) is 31.4 Å². The first-order chi connectivity index (χ1) is 11.9. The molecule has 1 aromatic heterocycles. The number of aryl methyl sites for hydroxylation is 1. The van der Waals surface area contributed by atoms with Gasteiger partial charge in [-0.1, -0.05) is 6.92 Å². The molecule has 0 spiro atoms. The number of hydrogen-bond donors (Lipinski definition) is 3. The van der Waals surface area contributed by atoms with E-state index >= 15 is 0 Å². The second kappa shape index (κ2) is 9.25. The van der Waals surface area contributed by atoms with E-state index in [2.05, 4.69) is 27.4 Å². The van der Waals surface area contributed by atoms with E-state index < -0.39 is 5.60 Å². The fourth-order valence-electron chi connectivity index (χ4n) is 3.12. The van der Waals surface area contributed by atoms with Crippen LogP contribution in [0.4, 0.5) is 0 Å². The fraction of sp³-hybridized carbons (Fsp3) is 0.737. The third-order valence-corrected chi connectivity index (χ3v) is 4.55. The number of aliphatic imine (C=N–C) groups is 1. The molecule has 142 valence electrons. The lowest BCUT2D eigenvalue weighted by molar-refractivity contribution is 0.0428. The van der Waals surface area contributed by atoms with E-state index in [4.69, 9.17) is 4.42 Å². The molecule has 0 saturated carbocycles. The maximum atomic E-state index is 10.6. The smallest absolute Gasteiger partial charge is 0.191 e. The third kappa shape index (κ3) is 6.36. The van der Waals surface area contributed by atoms with Gasteiger partial charge in [0.1, 0.15) is 17.1 Å². The number of likely N-dealkylation sites (tertiary alicyclic amines) is 1. The predicted molar refractivity (Wildman–Crippen MR) is 102 cm³/mol. The molecule has 1 aliphatic heterocycles. The summed E-state index contributed by atoms with van der Waals surface area (Å²) in [6, 6.07) is 3.67. The van der Waals surface area contributed by atoms with Gasteiger partial charge in [-0.05, 0) is 64.8 Å². The van der Waals surface area contributed by atoms with Gasteiger partial charge in [-0.3, -0.25) is 0 Å². The molecule has 0 aliphatic carbocycles. The lowest BCUT2D eigenvalue weighted by atomic mass is 10.0. The molecule has 0 aromatic carbocycles. The van der Waals surface area contributed by atoms with Crippen molar-refractivity contribution >= 4 is 5.96 Å². The predicted octanol–water partition coefficient (Wildman–Crippen LogP) is 2.08. The molecule has 1 saturated heterocycles. The standard InChI is InChI=1S/C19H34N4O2/c1-5-20-18(21-12-15(2)13-23-10-6-7-11-23)22-14-19(4,24)17-9-8-16(3)25-17/h8-9,15,24H,5-7,10-14H2,1-4H3,(H2,20,21,22). The van der Waals surface area contributed by atoms with Gasteiger partial charge in [-0.2, -0.15) is 0 Å². The van der Waals surface area contributed by atoms with Crippen LogP contribution in [0.3, 0.4) is 0 Å². The summed E-state index contributed by atoms with van der Waals surface area (Å²) in [6.45, 7) is 13.4. The van der Waals surface area contributed by atoms with E-state index in [1.165, 1.54) is 25.9 Å². The fourth-order valence-corrected chi connectivity index (χ4v) is 3.12. The van der Waals surface area contributed by atoms with E-state index in [0.29, 0.717) is 11.7 Å². The van der Waals surface area contributed by atoms with Gasteiger partial charge < -0.3 is 25.1 Å². The summed E-state index contributed by atoms with van der Waals surface area (Å²) in [6.07, 6.45) is 2.65. The zero-order valence-electron chi connectivity index (χ0n) is 16.1. The topological polar surface area (TPSA) is 73.0 Å². The zero-order chi connectivity index (χ0) is 18.3. The van der Waals surface area contributed by atoms with Gasteiger partial charge in [0.05, 0.1) is 6.54 Å². The molecule has 6 nitrogen and oxygen atoms in total. The minimum atomic E-state index is -1.11. The average Bonchev–Trinajstić information content (AvgIpc) is 3.22. The summed E-state index contributed by atoms with van der Waals surface area (Å²) >= 11 is 0. The first kappa shape index (κ1) is 19.8. The minimum absolute atomic E-state index is 0.246. The molecule has 2 rings (SSSR count). The average molecular weight is 351 g/mol. The Labute approximate surface area is 151 Å². The molecular formula is C19H34N4O2. The molecule has 1 fully saturated rings. The van der Waals surface area contributed by atoms with Crippen LogP contribution in [-0.4, -0.2) is 55.2 Å². The largest absolute Gasteiger partial charge is 0.463 e. The second-order valence-electron chi connectivity index (χ2n) is 7.37. The van der Waals surface area contributed by atoms with Gasteiger partial charge in [0.2, 0.25) is 0 Å². The van der Waals surface area contributed by atoms with Gasteiger partial charge in [0.15, 0.2) is 5.96 Å². The zero-order valence-corrected chi connectivity index (χ0v) is 16.1. The maximum absolute atomic E-state index is 10.6. The Morgan fingerprint density at radius 3 is 2.68 bits per heavy atom. The highest BCUT2D eigenvalue weighted by Gasteiger charge is 2.26. The summed E-state index contributed by atoms with van der Waals surface area (Å²) in [4.78, 5) is 7.07. The number of rotatable bonds is 8. The number of hydrogen-bond acceptors (Lipinski definition) is 4. The Bertz CT molecular complexity index is 547. The molecule has 0 bridgehead atoms. The number of nitrogens with zero attached hydrogens (tertiary/aromatic N) is 2. The van der Waals surface area contributed by atoms with E-state index in [1.54, 1.807) is 6.92 Å². The molecule has 1 aliphatic rings. The highest BCUT2D eigenvalue weighted by Crippen LogP contribution is 2.23. The highest BCUT2D eigenvalue weighted by atomic mass is 16.4. The molecule has 0 radical (unpaired) electrons. The third-order valence-electron chi connectivity index (χ3n) is 4.55. The first-order valence-corrected chi connectivity index (χ1v) is 9.44. The van der Waals surface area contributed by atoms with Crippen molar-refractivity contribution in [2.75, 3.05) is 39.3 Å². The van der Waals surface area contributed by atoms with Crippen molar-refractivity contribution in [3.63, 3.8) is 0 Å². The van der Waals surface area contributed by atoms with Gasteiger partial charge in [0.25, 0.3) is 0 Å². The number of furan rings is 1. The van der Waals surface area contributed by atoms with Crippen molar-refractivity contribution in [2.24, 2.45) is 10.9 Å². The molecule has 25 heavy (non-hydrogen) atoms. The summed E-state index contributed by atoms with van der Waals surface area (Å²) in [5.41, 5.74) is -1.11. The van der Waals surface area contributed by atoms with Crippen molar-refractivity contribution < 1.29 is 9.52 Å². The molecule has 3 N–H and O–H groups in total. The lowest BCUT2D eigenvalue weighted by Crippen LogP contribution is -2.42. The second-order valence-corrected chi connectivity index (χ2v) is 7.37. The summed E-state index contributed by atoms with van der Waals surface area (Å²) in [5, 5.41) is 17.3. The van der Waals surface area contributed by atoms with Crippen LogP contribution in [0.2, 0.25) is 0 Å². The van der Waals surface area contributed by atoms with Crippen molar-refractivity contribution in [1.82, 2.24) is 15.5 Å². The van der Waals surface area contributed by atoms with Crippen molar-refractivity contribution in [1.29, 1.82) is 0 Å². The van der Waals surface area contributed by atoms with Crippen LogP contribution in [-0.2, 0) is 5.60 Å². The normalized spacial score (nSPS) is 19.6. The highest BCUT2D eigenvalue weighted by molar-refractivity contribution is 5.79. The lowest BCUT2D eigenvalue weighted by Gasteiger charge is -2.22. The van der Waals surface area contributed by atoms with Crippen LogP contribution in [0.1, 0.15) is 45.1 Å². The monoisotopic (exact) mass is 350 g/mol. The molecule has 2 unspecified atom stereocenters. The quantitative estimate of drug-likeness (QED) is 0.494. The van der Waals surface area contributed by atoms with E-state index in [1.807, 2.05) is 26.0 Å². The Kier molecular flexibility index (Phi) is 7.32. The molecular weight excluding hydrogens is 316 g/mol. The molecule has 0 amide bonds. The number of nitrogens with one attached hydrogen (secondary N) is 2. The van der Waals surface area contributed by atoms with Crippen molar-refractivity contribution in [3.8, 4) is 0 Å². The Morgan fingerprint density at radius 1 is 1.36 bits per heavy atom. The minimum Gasteiger partial charge on any atom is -0.463 e. The Morgan fingerprint density at radius 2 is 2.08 bits per heavy atom. The van der Waals surface area contributed by atoms with Gasteiger partial charge in [-0.25, -0.2) is 4.99 Å². The summed E-state index contributed by atoms with van der Waals surface area (Å²) < 4.78 is 5.55. The van der Waals surface area contributed by atoms with Gasteiger partial charge in [0, 0.05) is 19.6 Å². The van der Waals surface area contributed by atoms with Crippen LogP contribution >= 0.6 is 0 Å². The number of aliphatic hydroxyl groups is 1. The first-order valence-electron chi connectivity index (χ1n) is 9.44. The Hall–Kier alpha value is -1.53. The molecule has 2 heterocycles. The summed E-state index contributed by atoms with van der Waals surface area (Å²) in [7, 11) is 0. The van der Waals surface area contributed by atoms with E-state index in [-0.39, 0.29) is 6.54 Å². The van der Waals surface area contributed by atoms with Crippen molar-refractivity contribution in [2.45, 2.75) is 46.1 Å². The summed E-state index contributed by atoms with van der Waals surface area (Å²) in [5.74, 6) is 2.63. The Balaban J connectivity index is 1.86. The SMILES string of the molecule is CCNC(=NCC(C)(O)c1ccc(C)o1)NCC(C)CN1CCCC1. The molecule has 6 heteroatoms. The van der Waals surface area contributed by atoms with Crippen LogP contribution in [0.25, 0.3) is 0 Å². The van der Waals surface area contributed by atoms with Crippen LogP contribution in [0.15, 0.2) is 21.5 Å². The maximum Gasteiger partial charge on any atom is 0.191 e. The number of guanidine groups is 1. The van der Waals surface area contributed by atoms with Crippen molar-refractivity contribution in [3.05, 3.63) is 23.7 Å². The van der Waals surface area contributed by atoms with E-state index in [9.17, 15) is 5.11 Å². The van der Waals surface area contributed by atoms with Crippen LogP contribution in [0, 0.1) is 12.8 Å². The molecule has 1 aromatic rings. The molecule has 2 atom stereocenters. The van der Waals surface area contributed by atoms with Gasteiger partial charge >= 0.3 is 0 Å². The van der Waals surface area contributed by atoms with Crippen LogP contribution in [0.5, 0.6) is 0 Å². The van der Waals surface area contributed by atoms with Gasteiger partial charge in [-0.15, -0.1) is 0 Å². The van der Waals surface area contributed by atoms with Crippen LogP contribution < -0.4 is 10.6 Å².